The Kier molecular flexibility index (Phi) is 2.70. The summed E-state index contributed by atoms with van der Waals surface area (Å²) in [5.74, 6) is 0.0764. The maximum absolute atomic E-state index is 11.5. The summed E-state index contributed by atoms with van der Waals surface area (Å²) >= 11 is 0. The molecule has 0 amide bonds. The van der Waals surface area contributed by atoms with Crippen LogP contribution in [0, 0.1) is 0 Å². The van der Waals surface area contributed by atoms with Crippen LogP contribution in [0.15, 0.2) is 47.8 Å². The molecule has 4 rings (SSSR count). The molecule has 0 bridgehead atoms. The van der Waals surface area contributed by atoms with Gasteiger partial charge in [-0.25, -0.2) is 0 Å². The zero-order valence-corrected chi connectivity index (χ0v) is 11.7. The first-order chi connectivity index (χ1) is 11.2. The normalized spacial score (nSPS) is 26.3. The van der Waals surface area contributed by atoms with E-state index in [0.717, 1.165) is 0 Å². The molecule has 0 unspecified atom stereocenters. The monoisotopic (exact) mass is 310 g/mol. The van der Waals surface area contributed by atoms with Crippen LogP contribution in [-0.4, -0.2) is 27.7 Å². The predicted molar refractivity (Wildman–Crippen MR) is 77.4 cm³/mol. The molecule has 0 spiro atoms. The Labute approximate surface area is 129 Å². The molecule has 8 nitrogen and oxygen atoms in total. The van der Waals surface area contributed by atoms with Crippen molar-refractivity contribution in [2.24, 2.45) is 5.11 Å². The molecule has 0 saturated heterocycles. The zero-order chi connectivity index (χ0) is 16.0. The number of carboxylic acids is 1. The molecule has 0 radical (unpaired) electrons. The number of ether oxygens (including phenoxy) is 2. The second-order valence-electron chi connectivity index (χ2n) is 5.32. The summed E-state index contributed by atoms with van der Waals surface area (Å²) in [6.45, 7) is 0. The Hall–Kier alpha value is -3.25. The van der Waals surface area contributed by atoms with Crippen LogP contribution in [0.1, 0.15) is 11.5 Å². The average Bonchev–Trinajstić information content (AvgIpc) is 3.01. The topological polar surface area (TPSA) is 117 Å². The molecule has 3 atom stereocenters. The summed E-state index contributed by atoms with van der Waals surface area (Å²) in [4.78, 5) is 18.1. The maximum Gasteiger partial charge on any atom is 0.320 e. The third-order valence-electron chi connectivity index (χ3n) is 4.11. The van der Waals surface area contributed by atoms with Gasteiger partial charge in [0.15, 0.2) is 5.54 Å². The molecule has 23 heavy (non-hydrogen) atoms. The molecule has 1 N–H and O–H groups in total. The van der Waals surface area contributed by atoms with Crippen LogP contribution in [0.3, 0.4) is 0 Å². The lowest BCUT2D eigenvalue weighted by molar-refractivity contribution is -0.140. The van der Waals surface area contributed by atoms with Crippen LogP contribution in [0.5, 0.6) is 17.2 Å². The third kappa shape index (κ3) is 1.82. The number of rotatable bonds is 4. The molecule has 1 saturated carbocycles. The number of carbonyl (C=O) groups is 1. The summed E-state index contributed by atoms with van der Waals surface area (Å²) < 4.78 is 11.3. The van der Waals surface area contributed by atoms with Crippen molar-refractivity contribution in [3.8, 4) is 17.2 Å². The molecule has 2 aliphatic rings. The van der Waals surface area contributed by atoms with Crippen molar-refractivity contribution >= 4 is 5.97 Å². The highest BCUT2D eigenvalue weighted by molar-refractivity contribution is 5.89. The van der Waals surface area contributed by atoms with E-state index in [1.165, 1.54) is 0 Å². The van der Waals surface area contributed by atoms with Gasteiger partial charge in [-0.1, -0.05) is 5.11 Å². The highest BCUT2D eigenvalue weighted by atomic mass is 16.5. The number of azide groups is 1. The number of benzene rings is 1. The van der Waals surface area contributed by atoms with E-state index in [0.29, 0.717) is 22.8 Å². The van der Waals surface area contributed by atoms with Gasteiger partial charge in [-0.2, -0.15) is 0 Å². The smallest absolute Gasteiger partial charge is 0.320 e. The molecule has 114 valence electrons. The SMILES string of the molecule is [N-]=[N+]=N[C@]1(C(=O)O)[C@H]2Oc3ccc(Oc4ccncc4)cc3[C@@H]21. The first-order valence-corrected chi connectivity index (χ1v) is 6.85. The van der Waals surface area contributed by atoms with E-state index < -0.39 is 23.5 Å². The number of aliphatic carboxylic acids is 1. The van der Waals surface area contributed by atoms with E-state index in [4.69, 9.17) is 15.0 Å². The molecule has 1 aliphatic carbocycles. The summed E-state index contributed by atoms with van der Waals surface area (Å²) in [6, 6.07) is 8.61. The predicted octanol–water partition coefficient (Wildman–Crippen LogP) is 2.87. The van der Waals surface area contributed by atoms with Crippen LogP contribution >= 0.6 is 0 Å². The van der Waals surface area contributed by atoms with Crippen molar-refractivity contribution in [3.63, 3.8) is 0 Å². The van der Waals surface area contributed by atoms with Crippen LogP contribution in [0.2, 0.25) is 0 Å². The Balaban J connectivity index is 1.67. The van der Waals surface area contributed by atoms with E-state index in [1.807, 2.05) is 0 Å². The van der Waals surface area contributed by atoms with Gasteiger partial charge >= 0.3 is 5.97 Å². The first kappa shape index (κ1) is 13.4. The van der Waals surface area contributed by atoms with Crippen molar-refractivity contribution in [2.45, 2.75) is 17.6 Å². The molecule has 1 aromatic heterocycles. The minimum atomic E-state index is -1.56. The number of nitrogens with zero attached hydrogens (tertiary/aromatic N) is 4. The largest absolute Gasteiger partial charge is 0.488 e. The van der Waals surface area contributed by atoms with Crippen LogP contribution in [0.4, 0.5) is 0 Å². The fourth-order valence-electron chi connectivity index (χ4n) is 3.01. The van der Waals surface area contributed by atoms with Crippen LogP contribution < -0.4 is 9.47 Å². The molecule has 1 aliphatic heterocycles. The van der Waals surface area contributed by atoms with E-state index in [1.54, 1.807) is 42.7 Å². The van der Waals surface area contributed by atoms with Gasteiger partial charge in [-0.15, -0.1) is 0 Å². The van der Waals surface area contributed by atoms with Gasteiger partial charge in [0, 0.05) is 22.9 Å². The van der Waals surface area contributed by atoms with Gasteiger partial charge in [0.1, 0.15) is 23.4 Å². The van der Waals surface area contributed by atoms with Crippen LogP contribution in [0.25, 0.3) is 10.4 Å². The van der Waals surface area contributed by atoms with Gasteiger partial charge in [0.25, 0.3) is 0 Å². The lowest BCUT2D eigenvalue weighted by Gasteiger charge is -2.13. The first-order valence-electron chi connectivity index (χ1n) is 6.85. The Morgan fingerprint density at radius 2 is 2.13 bits per heavy atom. The molecule has 8 heteroatoms. The van der Waals surface area contributed by atoms with Crippen molar-refractivity contribution in [1.29, 1.82) is 0 Å². The van der Waals surface area contributed by atoms with Gasteiger partial charge in [-0.3, -0.25) is 9.78 Å². The van der Waals surface area contributed by atoms with Gasteiger partial charge in [0.05, 0.1) is 5.92 Å². The fraction of sp³-hybridized carbons (Fsp3) is 0.200. The minimum Gasteiger partial charge on any atom is -0.488 e. The highest BCUT2D eigenvalue weighted by Gasteiger charge is 2.76. The Morgan fingerprint density at radius 3 is 2.83 bits per heavy atom. The Bertz CT molecular complexity index is 846. The maximum atomic E-state index is 11.5. The molecule has 1 aromatic carbocycles. The van der Waals surface area contributed by atoms with E-state index >= 15 is 0 Å². The van der Waals surface area contributed by atoms with Gasteiger partial charge < -0.3 is 14.6 Å². The molecule has 1 fully saturated rings. The molecular formula is C15H10N4O4. The number of aromatic nitrogens is 1. The van der Waals surface area contributed by atoms with Crippen molar-refractivity contribution in [2.75, 3.05) is 0 Å². The molecular weight excluding hydrogens is 300 g/mol. The van der Waals surface area contributed by atoms with Crippen molar-refractivity contribution in [3.05, 3.63) is 58.7 Å². The Morgan fingerprint density at radius 1 is 1.35 bits per heavy atom. The standard InChI is InChI=1S/C15H10N4O4/c16-19-18-15(14(20)21)12-10-7-9(1-2-11(10)23-13(12)15)22-8-3-5-17-6-4-8/h1-7,12-13H,(H,20,21)/t12-,13-,15-/m0/s1. The van der Waals surface area contributed by atoms with Crippen LogP contribution in [-0.2, 0) is 4.79 Å². The van der Waals surface area contributed by atoms with E-state index in [9.17, 15) is 9.90 Å². The highest BCUT2D eigenvalue weighted by Crippen LogP contribution is 2.63. The third-order valence-corrected chi connectivity index (χ3v) is 4.11. The summed E-state index contributed by atoms with van der Waals surface area (Å²) in [7, 11) is 0. The summed E-state index contributed by atoms with van der Waals surface area (Å²) in [5.41, 5.74) is 7.77. The second-order valence-corrected chi connectivity index (χ2v) is 5.32. The van der Waals surface area contributed by atoms with Gasteiger partial charge in [0.2, 0.25) is 0 Å². The fourth-order valence-corrected chi connectivity index (χ4v) is 3.01. The number of hydrogen-bond donors (Lipinski definition) is 1. The lowest BCUT2D eigenvalue weighted by Crippen LogP contribution is -2.28. The second kappa shape index (κ2) is 4.62. The van der Waals surface area contributed by atoms with Crippen molar-refractivity contribution < 1.29 is 19.4 Å². The van der Waals surface area contributed by atoms with Crippen molar-refractivity contribution in [1.82, 2.24) is 4.98 Å². The minimum absolute atomic E-state index is 0.494. The number of carboxylic acid groups (broad SMARTS) is 1. The number of hydrogen-bond acceptors (Lipinski definition) is 5. The van der Waals surface area contributed by atoms with E-state index in [2.05, 4.69) is 15.0 Å². The number of pyridine rings is 1. The average molecular weight is 310 g/mol. The zero-order valence-electron chi connectivity index (χ0n) is 11.7. The summed E-state index contributed by atoms with van der Waals surface area (Å²) in [5, 5.41) is 12.9. The lowest BCUT2D eigenvalue weighted by atomic mass is 10.1. The van der Waals surface area contributed by atoms with E-state index in [-0.39, 0.29) is 0 Å². The number of fused-ring (bicyclic) bond motifs is 3. The quantitative estimate of drug-likeness (QED) is 0.529. The van der Waals surface area contributed by atoms with Gasteiger partial charge in [-0.05, 0) is 35.9 Å². The molecule has 2 aromatic rings. The summed E-state index contributed by atoms with van der Waals surface area (Å²) in [6.07, 6.45) is 2.56. The molecule has 2 heterocycles.